The Morgan fingerprint density at radius 3 is 2.94 bits per heavy atom. The Bertz CT molecular complexity index is 1410. The van der Waals surface area contributed by atoms with E-state index in [1.165, 1.54) is 28.9 Å². The third-order valence-corrected chi connectivity index (χ3v) is 7.42. The number of nitrogens with zero attached hydrogens (tertiary/aromatic N) is 3. The maximum Gasteiger partial charge on any atom is 0.414 e. The minimum absolute atomic E-state index is 0.0695. The Morgan fingerprint density at radius 1 is 1.18 bits per heavy atom. The van der Waals surface area contributed by atoms with Crippen molar-refractivity contribution in [1.82, 2.24) is 14.9 Å². The highest BCUT2D eigenvalue weighted by atomic mass is 32.2. The van der Waals surface area contributed by atoms with Gasteiger partial charge in [0.1, 0.15) is 11.9 Å². The first-order chi connectivity index (χ1) is 16.5. The fraction of sp³-hybridized carbons (Fsp3) is 0.304. The van der Waals surface area contributed by atoms with E-state index in [9.17, 15) is 18.8 Å². The number of cyclic esters (lactones) is 1. The van der Waals surface area contributed by atoms with E-state index in [0.717, 1.165) is 4.90 Å². The van der Waals surface area contributed by atoms with Crippen molar-refractivity contribution in [3.8, 4) is 0 Å². The van der Waals surface area contributed by atoms with Crippen LogP contribution in [0.4, 0.5) is 20.6 Å². The number of anilines is 2. The van der Waals surface area contributed by atoms with Crippen molar-refractivity contribution in [3.63, 3.8) is 0 Å². The van der Waals surface area contributed by atoms with E-state index in [1.807, 2.05) is 12.1 Å². The van der Waals surface area contributed by atoms with E-state index in [4.69, 9.17) is 4.74 Å². The predicted octanol–water partition coefficient (Wildman–Crippen LogP) is 2.29. The summed E-state index contributed by atoms with van der Waals surface area (Å²) in [5.74, 6) is -0.343. The molecule has 3 aliphatic heterocycles. The number of ether oxygens (including phenoxy) is 1. The number of halogens is 1. The SMILES string of the molecule is O=C1CSc2ccc(N3C[C@H](CNCC4Cn5c(=O)ccc6ncc(F)c4c65)OC3=O)cc2N1. The van der Waals surface area contributed by atoms with Gasteiger partial charge in [-0.1, -0.05) is 0 Å². The summed E-state index contributed by atoms with van der Waals surface area (Å²) in [6, 6.07) is 8.57. The molecule has 3 aliphatic rings. The number of benzene rings is 1. The minimum Gasteiger partial charge on any atom is -0.443 e. The first kappa shape index (κ1) is 21.1. The fourth-order valence-electron chi connectivity index (χ4n) is 4.81. The normalized spacial score (nSPS) is 21.0. The van der Waals surface area contributed by atoms with Crippen LogP contribution in [0.15, 0.2) is 46.2 Å². The zero-order valence-corrected chi connectivity index (χ0v) is 18.7. The number of carbonyl (C=O) groups excluding carboxylic acids is 2. The van der Waals surface area contributed by atoms with Gasteiger partial charge in [0, 0.05) is 47.8 Å². The van der Waals surface area contributed by atoms with E-state index in [1.54, 1.807) is 16.7 Å². The third-order valence-electron chi connectivity index (χ3n) is 6.35. The van der Waals surface area contributed by atoms with Crippen LogP contribution in [0.1, 0.15) is 11.5 Å². The molecule has 2 aromatic heterocycles. The number of amides is 2. The Kier molecular flexibility index (Phi) is 5.03. The lowest BCUT2D eigenvalue weighted by Gasteiger charge is -2.20. The number of thioether (sulfide) groups is 1. The van der Waals surface area contributed by atoms with Gasteiger partial charge in [-0.15, -0.1) is 11.8 Å². The van der Waals surface area contributed by atoms with E-state index in [0.29, 0.717) is 59.9 Å². The molecule has 0 radical (unpaired) electrons. The number of nitrogens with one attached hydrogen (secondary N) is 2. The number of hydrogen-bond acceptors (Lipinski definition) is 7. The molecular weight excluding hydrogens is 461 g/mol. The maximum atomic E-state index is 14.6. The number of pyridine rings is 2. The van der Waals surface area contributed by atoms with Crippen molar-refractivity contribution in [2.24, 2.45) is 0 Å². The summed E-state index contributed by atoms with van der Waals surface area (Å²) in [6.45, 7) is 1.53. The topological polar surface area (TPSA) is 106 Å². The van der Waals surface area contributed by atoms with Crippen molar-refractivity contribution in [1.29, 1.82) is 0 Å². The van der Waals surface area contributed by atoms with Gasteiger partial charge < -0.3 is 19.9 Å². The van der Waals surface area contributed by atoms with Gasteiger partial charge in [-0.3, -0.25) is 19.5 Å². The molecule has 34 heavy (non-hydrogen) atoms. The van der Waals surface area contributed by atoms with Crippen molar-refractivity contribution >= 4 is 46.2 Å². The maximum absolute atomic E-state index is 14.6. The van der Waals surface area contributed by atoms with Crippen molar-refractivity contribution < 1.29 is 18.7 Å². The number of rotatable bonds is 5. The molecule has 174 valence electrons. The van der Waals surface area contributed by atoms with E-state index < -0.39 is 11.9 Å². The zero-order chi connectivity index (χ0) is 23.4. The van der Waals surface area contributed by atoms with Crippen LogP contribution in [-0.4, -0.2) is 53.0 Å². The lowest BCUT2D eigenvalue weighted by Crippen LogP contribution is -2.33. The second kappa shape index (κ2) is 8.10. The summed E-state index contributed by atoms with van der Waals surface area (Å²) >= 11 is 1.46. The molecule has 0 saturated carbocycles. The molecule has 1 saturated heterocycles. The van der Waals surface area contributed by atoms with Gasteiger partial charge in [0.15, 0.2) is 0 Å². The van der Waals surface area contributed by atoms with Crippen molar-refractivity contribution in [2.75, 3.05) is 35.6 Å². The smallest absolute Gasteiger partial charge is 0.414 e. The van der Waals surface area contributed by atoms with Crippen LogP contribution in [0.2, 0.25) is 0 Å². The Hall–Kier alpha value is -3.44. The second-order valence-corrected chi connectivity index (χ2v) is 9.54. The average Bonchev–Trinajstić information content (AvgIpc) is 3.39. The summed E-state index contributed by atoms with van der Waals surface area (Å²) in [4.78, 5) is 43.0. The van der Waals surface area contributed by atoms with E-state index in [2.05, 4.69) is 15.6 Å². The summed E-state index contributed by atoms with van der Waals surface area (Å²) in [5, 5.41) is 6.10. The third kappa shape index (κ3) is 3.51. The molecule has 0 aliphatic carbocycles. The Balaban J connectivity index is 1.12. The number of carbonyl (C=O) groups is 2. The molecule has 0 bridgehead atoms. The van der Waals surface area contributed by atoms with Gasteiger partial charge in [-0.2, -0.15) is 0 Å². The summed E-state index contributed by atoms with van der Waals surface area (Å²) in [6.07, 6.45) is 0.352. The summed E-state index contributed by atoms with van der Waals surface area (Å²) in [5.41, 5.74) is 2.81. The fourth-order valence-corrected chi connectivity index (χ4v) is 5.60. The molecule has 11 heteroatoms. The quantitative estimate of drug-likeness (QED) is 0.576. The number of aromatic nitrogens is 2. The summed E-state index contributed by atoms with van der Waals surface area (Å²) in [7, 11) is 0. The van der Waals surface area contributed by atoms with Crippen LogP contribution in [0.3, 0.4) is 0 Å². The van der Waals surface area contributed by atoms with Crippen LogP contribution < -0.4 is 21.1 Å². The minimum atomic E-state index is -0.455. The lowest BCUT2D eigenvalue weighted by molar-refractivity contribution is -0.113. The largest absolute Gasteiger partial charge is 0.443 e. The molecule has 2 atom stereocenters. The van der Waals surface area contributed by atoms with Gasteiger partial charge >= 0.3 is 6.09 Å². The average molecular weight is 482 g/mol. The molecular formula is C23H20FN5O4S. The number of fused-ring (bicyclic) bond motifs is 1. The van der Waals surface area contributed by atoms with Gasteiger partial charge in [-0.25, -0.2) is 9.18 Å². The lowest BCUT2D eigenvalue weighted by atomic mass is 10.0. The molecule has 5 heterocycles. The Morgan fingerprint density at radius 2 is 2.06 bits per heavy atom. The highest BCUT2D eigenvalue weighted by Crippen LogP contribution is 2.36. The van der Waals surface area contributed by atoms with Crippen LogP contribution >= 0.6 is 11.8 Å². The highest BCUT2D eigenvalue weighted by molar-refractivity contribution is 8.00. The Labute approximate surface area is 197 Å². The first-order valence-corrected chi connectivity index (χ1v) is 11.9. The van der Waals surface area contributed by atoms with Crippen LogP contribution in [-0.2, 0) is 16.1 Å². The van der Waals surface area contributed by atoms with Crippen molar-refractivity contribution in [3.05, 3.63) is 58.3 Å². The van der Waals surface area contributed by atoms with Gasteiger partial charge in [-0.05, 0) is 24.3 Å². The summed E-state index contributed by atoms with van der Waals surface area (Å²) < 4.78 is 21.7. The molecule has 1 fully saturated rings. The second-order valence-electron chi connectivity index (χ2n) is 8.52. The standard InChI is InChI=1S/C23H20FN5O4S/c24-15-8-26-16-2-4-20(31)29-9-12(21(15)22(16)29)6-25-7-14-10-28(23(32)33-14)13-1-3-18-17(5-13)27-19(30)11-34-18/h1-5,8,12,14,25H,6-7,9-11H2,(H,27,30)/t12?,14-/m0/s1. The van der Waals surface area contributed by atoms with Crippen LogP contribution in [0.25, 0.3) is 11.0 Å². The predicted molar refractivity (Wildman–Crippen MR) is 125 cm³/mol. The van der Waals surface area contributed by atoms with E-state index in [-0.39, 0.29) is 23.5 Å². The van der Waals surface area contributed by atoms with Gasteiger partial charge in [0.25, 0.3) is 5.56 Å². The zero-order valence-electron chi connectivity index (χ0n) is 17.9. The monoisotopic (exact) mass is 481 g/mol. The first-order valence-electron chi connectivity index (χ1n) is 10.9. The van der Waals surface area contributed by atoms with Crippen molar-refractivity contribution in [2.45, 2.75) is 23.5 Å². The molecule has 2 amide bonds. The molecule has 1 aromatic carbocycles. The molecule has 3 aromatic rings. The molecule has 2 N–H and O–H groups in total. The van der Waals surface area contributed by atoms with Gasteiger partial charge in [0.05, 0.1) is 35.2 Å². The van der Waals surface area contributed by atoms with Crippen LogP contribution in [0.5, 0.6) is 0 Å². The molecule has 6 rings (SSSR count). The highest BCUT2D eigenvalue weighted by Gasteiger charge is 2.34. The van der Waals surface area contributed by atoms with E-state index >= 15 is 0 Å². The molecule has 0 spiro atoms. The van der Waals surface area contributed by atoms with Gasteiger partial charge in [0.2, 0.25) is 5.91 Å². The number of hydrogen-bond donors (Lipinski definition) is 2. The molecule has 1 unspecified atom stereocenters. The molecule has 9 nitrogen and oxygen atoms in total. The van der Waals surface area contributed by atoms with Crippen LogP contribution in [0, 0.1) is 5.82 Å².